The molecule has 1 aromatic carbocycles. The number of nitrogens with two attached hydrogens (primary N) is 1. The Labute approximate surface area is 125 Å². The van der Waals surface area contributed by atoms with E-state index in [1.165, 1.54) is 12.1 Å². The molecule has 5 nitrogen and oxygen atoms in total. The Morgan fingerprint density at radius 3 is 2.59 bits per heavy atom. The Kier molecular flexibility index (Phi) is 6.36. The van der Waals surface area contributed by atoms with Crippen LogP contribution < -0.4 is 11.1 Å². The summed E-state index contributed by atoms with van der Waals surface area (Å²) in [4.78, 5) is 22.8. The molecule has 0 heterocycles. The van der Waals surface area contributed by atoms with Gasteiger partial charge in [0.1, 0.15) is 12.6 Å². The number of hydrogen-bond donors (Lipinski definition) is 2. The number of hydrogen-bond acceptors (Lipinski definition) is 3. The number of primary amides is 1. The van der Waals surface area contributed by atoms with Gasteiger partial charge in [-0.25, -0.2) is 0 Å². The van der Waals surface area contributed by atoms with E-state index in [1.807, 2.05) is 0 Å². The van der Waals surface area contributed by atoms with Crippen LogP contribution in [0.5, 0.6) is 0 Å². The van der Waals surface area contributed by atoms with Crippen LogP contribution in [-0.4, -0.2) is 31.1 Å². The number of amides is 2. The summed E-state index contributed by atoms with van der Waals surface area (Å²) in [6, 6.07) is 3.41. The van der Waals surface area contributed by atoms with Crippen molar-refractivity contribution in [3.8, 4) is 0 Å². The molecule has 2 amide bonds. The first-order valence-electron chi connectivity index (χ1n) is 6.56. The highest BCUT2D eigenvalue weighted by Gasteiger charge is 2.30. The molecule has 0 saturated heterocycles. The fourth-order valence-electron chi connectivity index (χ4n) is 1.76. The first kappa shape index (κ1) is 18.0. The number of rotatable bonds is 7. The maximum atomic E-state index is 12.6. The number of benzene rings is 1. The van der Waals surface area contributed by atoms with Crippen molar-refractivity contribution in [3.05, 3.63) is 35.4 Å². The standard InChI is InChI=1S/C14H17F3N2O3/c1-2-22-8-12(20)19-11(13(18)21)7-9-4-3-5-10(6-9)14(15,16)17/h3-6,11H,2,7-8H2,1H3,(H2,18,21)(H,19,20)/t11-/m1/s1. The first-order valence-corrected chi connectivity index (χ1v) is 6.56. The largest absolute Gasteiger partial charge is 0.416 e. The zero-order valence-corrected chi connectivity index (χ0v) is 11.9. The van der Waals surface area contributed by atoms with Crippen molar-refractivity contribution in [1.29, 1.82) is 0 Å². The molecule has 1 aromatic rings. The van der Waals surface area contributed by atoms with Crippen LogP contribution in [0.3, 0.4) is 0 Å². The maximum absolute atomic E-state index is 12.6. The van der Waals surface area contributed by atoms with Gasteiger partial charge >= 0.3 is 6.18 Å². The van der Waals surface area contributed by atoms with E-state index < -0.39 is 29.6 Å². The lowest BCUT2D eigenvalue weighted by Gasteiger charge is -2.16. The van der Waals surface area contributed by atoms with Crippen molar-refractivity contribution in [1.82, 2.24) is 5.32 Å². The summed E-state index contributed by atoms with van der Waals surface area (Å²) in [5.41, 5.74) is 4.59. The minimum atomic E-state index is -4.48. The molecule has 0 bridgehead atoms. The van der Waals surface area contributed by atoms with Crippen molar-refractivity contribution >= 4 is 11.8 Å². The predicted molar refractivity (Wildman–Crippen MR) is 72.8 cm³/mol. The summed E-state index contributed by atoms with van der Waals surface area (Å²) in [5.74, 6) is -1.39. The molecule has 0 aromatic heterocycles. The fourth-order valence-corrected chi connectivity index (χ4v) is 1.76. The van der Waals surface area contributed by atoms with Crippen molar-refractivity contribution in [2.24, 2.45) is 5.73 Å². The van der Waals surface area contributed by atoms with E-state index in [0.29, 0.717) is 6.61 Å². The molecular formula is C14H17F3N2O3. The number of nitrogens with one attached hydrogen (secondary N) is 1. The van der Waals surface area contributed by atoms with E-state index in [4.69, 9.17) is 10.5 Å². The number of carbonyl (C=O) groups excluding carboxylic acids is 2. The summed E-state index contributed by atoms with van der Waals surface area (Å²) in [5, 5.41) is 2.34. The average molecular weight is 318 g/mol. The monoisotopic (exact) mass is 318 g/mol. The smallest absolute Gasteiger partial charge is 0.372 e. The van der Waals surface area contributed by atoms with Gasteiger partial charge in [-0.15, -0.1) is 0 Å². The molecule has 1 rings (SSSR count). The molecule has 0 unspecified atom stereocenters. The highest BCUT2D eigenvalue weighted by Crippen LogP contribution is 2.29. The second-order valence-corrected chi connectivity index (χ2v) is 4.56. The molecule has 0 fully saturated rings. The lowest BCUT2D eigenvalue weighted by molar-refractivity contribution is -0.137. The Balaban J connectivity index is 2.79. The van der Waals surface area contributed by atoms with Crippen LogP contribution in [0.2, 0.25) is 0 Å². The first-order chi connectivity index (χ1) is 10.2. The van der Waals surface area contributed by atoms with Crippen LogP contribution in [0.4, 0.5) is 13.2 Å². The third-order valence-electron chi connectivity index (χ3n) is 2.81. The van der Waals surface area contributed by atoms with Gasteiger partial charge in [0.05, 0.1) is 5.56 Å². The molecule has 0 spiro atoms. The number of alkyl halides is 3. The van der Waals surface area contributed by atoms with Gasteiger partial charge in [0.2, 0.25) is 11.8 Å². The predicted octanol–water partition coefficient (Wildman–Crippen LogP) is 1.25. The molecule has 8 heteroatoms. The molecule has 0 aliphatic carbocycles. The van der Waals surface area contributed by atoms with Gasteiger partial charge in [0, 0.05) is 13.0 Å². The molecule has 0 aliphatic rings. The zero-order chi connectivity index (χ0) is 16.8. The Bertz CT molecular complexity index is 532. The molecular weight excluding hydrogens is 301 g/mol. The summed E-state index contributed by atoms with van der Waals surface area (Å²) >= 11 is 0. The number of halogens is 3. The van der Waals surface area contributed by atoms with Crippen LogP contribution in [0.25, 0.3) is 0 Å². The third-order valence-corrected chi connectivity index (χ3v) is 2.81. The molecule has 122 valence electrons. The van der Waals surface area contributed by atoms with Crippen molar-refractivity contribution < 1.29 is 27.5 Å². The molecule has 0 saturated carbocycles. The second kappa shape index (κ2) is 7.79. The van der Waals surface area contributed by atoms with Gasteiger partial charge in [-0.05, 0) is 18.6 Å². The van der Waals surface area contributed by atoms with Gasteiger partial charge in [-0.1, -0.05) is 18.2 Å². The SMILES string of the molecule is CCOCC(=O)N[C@H](Cc1cccc(C(F)(F)F)c1)C(N)=O. The molecule has 0 radical (unpaired) electrons. The lowest BCUT2D eigenvalue weighted by Crippen LogP contribution is -2.47. The Morgan fingerprint density at radius 1 is 1.36 bits per heavy atom. The third kappa shape index (κ3) is 5.72. The van der Waals surface area contributed by atoms with Gasteiger partial charge in [-0.3, -0.25) is 9.59 Å². The van der Waals surface area contributed by atoms with E-state index in [9.17, 15) is 22.8 Å². The highest BCUT2D eigenvalue weighted by atomic mass is 19.4. The second-order valence-electron chi connectivity index (χ2n) is 4.56. The molecule has 0 aliphatic heterocycles. The van der Waals surface area contributed by atoms with E-state index in [0.717, 1.165) is 12.1 Å². The summed E-state index contributed by atoms with van der Waals surface area (Å²) in [7, 11) is 0. The minimum Gasteiger partial charge on any atom is -0.372 e. The Morgan fingerprint density at radius 2 is 2.05 bits per heavy atom. The van der Waals surface area contributed by atoms with E-state index in [2.05, 4.69) is 5.32 Å². The quantitative estimate of drug-likeness (QED) is 0.794. The average Bonchev–Trinajstić information content (AvgIpc) is 2.43. The lowest BCUT2D eigenvalue weighted by atomic mass is 10.0. The summed E-state index contributed by atoms with van der Waals surface area (Å²) in [6.45, 7) is 1.77. The number of ether oxygens (including phenoxy) is 1. The van der Waals surface area contributed by atoms with E-state index in [-0.39, 0.29) is 18.6 Å². The normalized spacial score (nSPS) is 12.7. The van der Waals surface area contributed by atoms with E-state index in [1.54, 1.807) is 6.92 Å². The minimum absolute atomic E-state index is 0.128. The Hall–Kier alpha value is -2.09. The van der Waals surface area contributed by atoms with Crippen LogP contribution in [0.1, 0.15) is 18.1 Å². The van der Waals surface area contributed by atoms with Crippen LogP contribution >= 0.6 is 0 Å². The van der Waals surface area contributed by atoms with E-state index >= 15 is 0 Å². The summed E-state index contributed by atoms with van der Waals surface area (Å²) < 4.78 is 42.8. The van der Waals surface area contributed by atoms with Crippen LogP contribution in [0.15, 0.2) is 24.3 Å². The van der Waals surface area contributed by atoms with Crippen molar-refractivity contribution in [3.63, 3.8) is 0 Å². The molecule has 22 heavy (non-hydrogen) atoms. The van der Waals surface area contributed by atoms with Crippen molar-refractivity contribution in [2.45, 2.75) is 25.6 Å². The molecule has 1 atom stereocenters. The zero-order valence-electron chi connectivity index (χ0n) is 11.9. The van der Waals surface area contributed by atoms with Gasteiger partial charge < -0.3 is 15.8 Å². The van der Waals surface area contributed by atoms with Gasteiger partial charge in [-0.2, -0.15) is 13.2 Å². The highest BCUT2D eigenvalue weighted by molar-refractivity contribution is 5.87. The van der Waals surface area contributed by atoms with Crippen molar-refractivity contribution in [2.75, 3.05) is 13.2 Å². The summed E-state index contributed by atoms with van der Waals surface area (Å²) in [6.07, 6.45) is -4.60. The van der Waals surface area contributed by atoms with Gasteiger partial charge in [0.15, 0.2) is 0 Å². The van der Waals surface area contributed by atoms with Gasteiger partial charge in [0.25, 0.3) is 0 Å². The topological polar surface area (TPSA) is 81.4 Å². The van der Waals surface area contributed by atoms with Crippen LogP contribution in [-0.2, 0) is 26.9 Å². The van der Waals surface area contributed by atoms with Crippen LogP contribution in [0, 0.1) is 0 Å². The number of carbonyl (C=O) groups is 2. The molecule has 3 N–H and O–H groups in total. The maximum Gasteiger partial charge on any atom is 0.416 e. The fraction of sp³-hybridized carbons (Fsp3) is 0.429.